The molecule has 29 heavy (non-hydrogen) atoms. The van der Waals surface area contributed by atoms with Gasteiger partial charge in [-0.1, -0.05) is 32.9 Å². The van der Waals surface area contributed by atoms with Crippen LogP contribution < -0.4 is 15.5 Å². The fourth-order valence-corrected chi connectivity index (χ4v) is 3.61. The smallest absolute Gasteiger partial charge is 0.246 e. The molecule has 1 aliphatic rings. The molecule has 0 aromatic heterocycles. The van der Waals surface area contributed by atoms with Gasteiger partial charge >= 0.3 is 0 Å². The number of hydrogen-bond donors (Lipinski definition) is 2. The van der Waals surface area contributed by atoms with Crippen LogP contribution in [-0.4, -0.2) is 49.6 Å². The van der Waals surface area contributed by atoms with Crippen molar-refractivity contribution in [3.8, 4) is 0 Å². The topological polar surface area (TPSA) is 47.6 Å². The molecule has 0 aliphatic carbocycles. The number of nitrogens with one attached hydrogen (secondary N) is 2. The number of benzene rings is 2. The van der Waals surface area contributed by atoms with E-state index in [0.717, 1.165) is 44.1 Å². The maximum atomic E-state index is 12.5. The zero-order valence-corrected chi connectivity index (χ0v) is 18.1. The summed E-state index contributed by atoms with van der Waals surface area (Å²) in [5, 5.41) is 6.29. The first kappa shape index (κ1) is 21.2. The lowest BCUT2D eigenvalue weighted by Crippen LogP contribution is -2.46. The zero-order chi connectivity index (χ0) is 20.8. The lowest BCUT2D eigenvalue weighted by atomic mass is 10.0. The van der Waals surface area contributed by atoms with Crippen LogP contribution in [0.4, 0.5) is 17.1 Å². The molecule has 0 saturated carbocycles. The molecule has 1 amide bonds. The van der Waals surface area contributed by atoms with E-state index < -0.39 is 0 Å². The van der Waals surface area contributed by atoms with Gasteiger partial charge in [0.2, 0.25) is 5.91 Å². The third-order valence-electron chi connectivity index (χ3n) is 5.67. The van der Waals surface area contributed by atoms with Crippen LogP contribution in [0.2, 0.25) is 0 Å². The maximum Gasteiger partial charge on any atom is 0.246 e. The quantitative estimate of drug-likeness (QED) is 0.731. The summed E-state index contributed by atoms with van der Waals surface area (Å²) in [4.78, 5) is 17.4. The number of carbonyl (C=O) groups excluding carboxylic acids is 1. The molecule has 5 heteroatoms. The molecule has 1 atom stereocenters. The van der Waals surface area contributed by atoms with Gasteiger partial charge in [0.1, 0.15) is 6.04 Å². The van der Waals surface area contributed by atoms with Crippen molar-refractivity contribution in [1.82, 2.24) is 4.90 Å². The second-order valence-electron chi connectivity index (χ2n) is 8.10. The van der Waals surface area contributed by atoms with Gasteiger partial charge in [0.25, 0.3) is 0 Å². The minimum atomic E-state index is -0.321. The minimum Gasteiger partial charge on any atom is -0.374 e. The van der Waals surface area contributed by atoms with E-state index in [1.807, 2.05) is 19.1 Å². The molecular weight excluding hydrogens is 360 g/mol. The fraction of sp³-hybridized carbons (Fsp3) is 0.458. The molecule has 0 radical (unpaired) electrons. The number of likely N-dealkylation sites (N-methyl/N-ethyl adjacent to an activating group) is 1. The van der Waals surface area contributed by atoms with Crippen molar-refractivity contribution >= 4 is 23.0 Å². The predicted octanol–water partition coefficient (Wildman–Crippen LogP) is 4.39. The molecule has 1 heterocycles. The number of carbonyl (C=O) groups is 1. The van der Waals surface area contributed by atoms with Crippen LogP contribution in [0.25, 0.3) is 0 Å². The van der Waals surface area contributed by atoms with Gasteiger partial charge in [0.15, 0.2) is 0 Å². The third kappa shape index (κ3) is 5.73. The van der Waals surface area contributed by atoms with E-state index >= 15 is 0 Å². The Kier molecular flexibility index (Phi) is 7.15. The first-order valence-corrected chi connectivity index (χ1v) is 10.7. The van der Waals surface area contributed by atoms with E-state index in [9.17, 15) is 4.79 Å². The lowest BCUT2D eigenvalue weighted by Gasteiger charge is -2.35. The van der Waals surface area contributed by atoms with Crippen LogP contribution in [0, 0.1) is 0 Å². The van der Waals surface area contributed by atoms with Gasteiger partial charge in [0.05, 0.1) is 0 Å². The zero-order valence-electron chi connectivity index (χ0n) is 18.1. The first-order valence-electron chi connectivity index (χ1n) is 10.7. The Morgan fingerprint density at radius 2 is 1.48 bits per heavy atom. The van der Waals surface area contributed by atoms with E-state index in [0.29, 0.717) is 5.92 Å². The molecular formula is C24H34N4O. The van der Waals surface area contributed by atoms with Crippen molar-refractivity contribution in [3.63, 3.8) is 0 Å². The van der Waals surface area contributed by atoms with Crippen molar-refractivity contribution in [2.24, 2.45) is 0 Å². The van der Waals surface area contributed by atoms with Gasteiger partial charge in [-0.2, -0.15) is 0 Å². The Morgan fingerprint density at radius 1 is 0.897 bits per heavy atom. The Morgan fingerprint density at radius 3 is 2.03 bits per heavy atom. The summed E-state index contributed by atoms with van der Waals surface area (Å²) in [6.07, 6.45) is 0. The highest BCUT2D eigenvalue weighted by Gasteiger charge is 2.16. The van der Waals surface area contributed by atoms with Crippen LogP contribution in [0.1, 0.15) is 39.2 Å². The Bertz CT molecular complexity index is 778. The van der Waals surface area contributed by atoms with E-state index in [-0.39, 0.29) is 11.9 Å². The molecule has 3 rings (SSSR count). The molecule has 2 N–H and O–H groups in total. The Balaban J connectivity index is 1.52. The summed E-state index contributed by atoms with van der Waals surface area (Å²) in [6, 6.07) is 16.1. The van der Waals surface area contributed by atoms with E-state index in [1.165, 1.54) is 11.3 Å². The average molecular weight is 395 g/mol. The molecule has 0 bridgehead atoms. The number of amides is 1. The molecule has 1 aliphatic heterocycles. The van der Waals surface area contributed by atoms with Crippen LogP contribution in [0.3, 0.4) is 0 Å². The standard InChI is InChI=1S/C24H34N4O/c1-5-27-14-16-28(17-15-27)23-12-10-21(11-13-23)25-19(4)24(29)26-22-8-6-20(7-9-22)18(2)3/h6-13,18-19,25H,5,14-17H2,1-4H3,(H,26,29)/t19-/m1/s1. The normalized spacial score (nSPS) is 16.0. The molecule has 2 aromatic rings. The highest BCUT2D eigenvalue weighted by molar-refractivity contribution is 5.96. The first-order chi connectivity index (χ1) is 14.0. The summed E-state index contributed by atoms with van der Waals surface area (Å²) in [5.41, 5.74) is 4.30. The third-order valence-corrected chi connectivity index (χ3v) is 5.67. The predicted molar refractivity (Wildman–Crippen MR) is 123 cm³/mol. The molecule has 2 aromatic carbocycles. The van der Waals surface area contributed by atoms with Crippen molar-refractivity contribution in [2.45, 2.75) is 39.7 Å². The highest BCUT2D eigenvalue weighted by Crippen LogP contribution is 2.21. The minimum absolute atomic E-state index is 0.0398. The van der Waals surface area contributed by atoms with Crippen molar-refractivity contribution in [3.05, 3.63) is 54.1 Å². The van der Waals surface area contributed by atoms with Gasteiger partial charge in [0, 0.05) is 43.2 Å². The number of hydrogen-bond acceptors (Lipinski definition) is 4. The monoisotopic (exact) mass is 394 g/mol. The fourth-order valence-electron chi connectivity index (χ4n) is 3.61. The largest absolute Gasteiger partial charge is 0.374 e. The summed E-state index contributed by atoms with van der Waals surface area (Å²) in [7, 11) is 0. The molecule has 5 nitrogen and oxygen atoms in total. The van der Waals surface area contributed by atoms with Crippen LogP contribution in [0.15, 0.2) is 48.5 Å². The van der Waals surface area contributed by atoms with Gasteiger partial charge in [-0.05, 0) is 61.3 Å². The maximum absolute atomic E-state index is 12.5. The SMILES string of the molecule is CCN1CCN(c2ccc(N[C@H](C)C(=O)Nc3ccc(C(C)C)cc3)cc2)CC1. The van der Waals surface area contributed by atoms with E-state index in [4.69, 9.17) is 0 Å². The molecule has 156 valence electrons. The summed E-state index contributed by atoms with van der Waals surface area (Å²) in [6.45, 7) is 13.9. The number of piperazine rings is 1. The average Bonchev–Trinajstić information content (AvgIpc) is 2.74. The van der Waals surface area contributed by atoms with Crippen molar-refractivity contribution in [1.29, 1.82) is 0 Å². The Labute approximate surface area is 175 Å². The second kappa shape index (κ2) is 9.79. The summed E-state index contributed by atoms with van der Waals surface area (Å²) < 4.78 is 0. The molecule has 1 fully saturated rings. The number of anilines is 3. The van der Waals surface area contributed by atoms with Gasteiger partial charge < -0.3 is 20.4 Å². The van der Waals surface area contributed by atoms with Gasteiger partial charge in [-0.15, -0.1) is 0 Å². The number of rotatable bonds is 7. The summed E-state index contributed by atoms with van der Waals surface area (Å²) in [5.74, 6) is 0.445. The van der Waals surface area contributed by atoms with E-state index in [2.05, 4.69) is 77.6 Å². The van der Waals surface area contributed by atoms with Crippen molar-refractivity contribution in [2.75, 3.05) is 48.3 Å². The van der Waals surface area contributed by atoms with Crippen LogP contribution in [-0.2, 0) is 4.79 Å². The van der Waals surface area contributed by atoms with E-state index in [1.54, 1.807) is 0 Å². The van der Waals surface area contributed by atoms with Crippen LogP contribution in [0.5, 0.6) is 0 Å². The Hall–Kier alpha value is -2.53. The van der Waals surface area contributed by atoms with Gasteiger partial charge in [-0.25, -0.2) is 0 Å². The lowest BCUT2D eigenvalue weighted by molar-refractivity contribution is -0.116. The molecule has 0 unspecified atom stereocenters. The highest BCUT2D eigenvalue weighted by atomic mass is 16.2. The van der Waals surface area contributed by atoms with Gasteiger partial charge in [-0.3, -0.25) is 4.79 Å². The number of nitrogens with zero attached hydrogens (tertiary/aromatic N) is 2. The molecule has 0 spiro atoms. The molecule has 1 saturated heterocycles. The van der Waals surface area contributed by atoms with Crippen LogP contribution >= 0.6 is 0 Å². The second-order valence-corrected chi connectivity index (χ2v) is 8.10. The van der Waals surface area contributed by atoms with Crippen molar-refractivity contribution < 1.29 is 4.79 Å². The summed E-state index contributed by atoms with van der Waals surface area (Å²) >= 11 is 0.